The maximum Gasteiger partial charge on any atom is 0.0624 e. The predicted octanol–water partition coefficient (Wildman–Crippen LogP) is 6.85. The van der Waals surface area contributed by atoms with E-state index in [1.54, 1.807) is 0 Å². The molecule has 134 valence electrons. The quantitative estimate of drug-likeness (QED) is 0.338. The van der Waals surface area contributed by atoms with E-state index < -0.39 is 0 Å². The van der Waals surface area contributed by atoms with Crippen LogP contribution in [0.15, 0.2) is 0 Å². The summed E-state index contributed by atoms with van der Waals surface area (Å²) in [5.74, 6) is 0. The molecule has 0 saturated heterocycles. The summed E-state index contributed by atoms with van der Waals surface area (Å²) in [6, 6.07) is 0. The van der Waals surface area contributed by atoms with Crippen molar-refractivity contribution in [1.29, 1.82) is 0 Å². The van der Waals surface area contributed by atoms with Crippen molar-refractivity contribution in [2.24, 2.45) is 0 Å². The van der Waals surface area contributed by atoms with Gasteiger partial charge in [-0.1, -0.05) is 0 Å². The van der Waals surface area contributed by atoms with Gasteiger partial charge < -0.3 is 0 Å². The van der Waals surface area contributed by atoms with Crippen LogP contribution in [0.4, 0.5) is 0 Å². The Balaban J connectivity index is -0.000000295. The normalized spacial score (nSPS) is 12.0. The minimum atomic E-state index is -0.0957. The molecule has 0 bridgehead atoms. The molecule has 0 aliphatic carbocycles. The van der Waals surface area contributed by atoms with Crippen LogP contribution in [-0.4, -0.2) is 34.0 Å². The van der Waals surface area contributed by atoms with Crippen molar-refractivity contribution in [2.75, 3.05) is 0 Å². The standard InChI is InChI=1S/2C9H21P.Pt/c2*1-7(2)10(8(3)4)9(5)6;/h2*7-9H,1-6H3;/p+2. The van der Waals surface area contributed by atoms with E-state index in [-0.39, 0.29) is 36.9 Å². The summed E-state index contributed by atoms with van der Waals surface area (Å²) < 4.78 is 0. The molecule has 3 heteroatoms. The van der Waals surface area contributed by atoms with Crippen LogP contribution >= 0.6 is 15.8 Å². The summed E-state index contributed by atoms with van der Waals surface area (Å²) in [5.41, 5.74) is 5.61. The van der Waals surface area contributed by atoms with Crippen LogP contribution in [0.1, 0.15) is 83.1 Å². The van der Waals surface area contributed by atoms with Gasteiger partial charge in [-0.2, -0.15) is 0 Å². The topological polar surface area (TPSA) is 0 Å². The molecular weight excluding hydrogens is 473 g/mol. The molecule has 21 heavy (non-hydrogen) atoms. The Bertz CT molecular complexity index is 161. The molecule has 0 aromatic carbocycles. The second-order valence-electron chi connectivity index (χ2n) is 7.93. The average molecular weight is 518 g/mol. The summed E-state index contributed by atoms with van der Waals surface area (Å²) in [6.07, 6.45) is 0. The maximum atomic E-state index is 2.37. The fourth-order valence-electron chi connectivity index (χ4n) is 4.00. The zero-order chi connectivity index (χ0) is 16.6. The summed E-state index contributed by atoms with van der Waals surface area (Å²) in [4.78, 5) is 0. The molecule has 0 aromatic rings. The van der Waals surface area contributed by atoms with E-state index in [1.807, 2.05) is 0 Å². The Kier molecular flexibility index (Phi) is 18.2. The van der Waals surface area contributed by atoms with Crippen LogP contribution in [0, 0.1) is 0 Å². The average Bonchev–Trinajstić information content (AvgIpc) is 2.12. The van der Waals surface area contributed by atoms with Gasteiger partial charge >= 0.3 is 0 Å². The van der Waals surface area contributed by atoms with Crippen molar-refractivity contribution in [3.63, 3.8) is 0 Å². The fraction of sp³-hybridized carbons (Fsp3) is 1.00. The molecule has 0 spiro atoms. The van der Waals surface area contributed by atoms with Gasteiger partial charge in [0.25, 0.3) is 0 Å². The van der Waals surface area contributed by atoms with E-state index in [2.05, 4.69) is 83.1 Å². The molecule has 0 nitrogen and oxygen atoms in total. The molecule has 0 unspecified atom stereocenters. The molecule has 0 amide bonds. The molecule has 0 aliphatic rings. The van der Waals surface area contributed by atoms with E-state index in [0.29, 0.717) is 0 Å². The smallest absolute Gasteiger partial charge is 0.0287 e. The van der Waals surface area contributed by atoms with Gasteiger partial charge in [0.2, 0.25) is 0 Å². The van der Waals surface area contributed by atoms with Crippen molar-refractivity contribution in [3.05, 3.63) is 0 Å². The molecule has 0 aliphatic heterocycles. The van der Waals surface area contributed by atoms with Crippen molar-refractivity contribution in [1.82, 2.24) is 0 Å². The summed E-state index contributed by atoms with van der Waals surface area (Å²) in [5, 5.41) is 0. The Morgan fingerprint density at radius 1 is 0.333 bits per heavy atom. The largest absolute Gasteiger partial charge is 0.0624 e. The van der Waals surface area contributed by atoms with Crippen molar-refractivity contribution in [3.8, 4) is 0 Å². The molecule has 0 radical (unpaired) electrons. The van der Waals surface area contributed by atoms with Gasteiger partial charge in [-0.15, -0.1) is 0 Å². The molecule has 0 fully saturated rings. The Morgan fingerprint density at radius 2 is 0.429 bits per heavy atom. The molecule has 0 atom stereocenters. The minimum Gasteiger partial charge on any atom is -0.0287 e. The van der Waals surface area contributed by atoms with Crippen LogP contribution < -0.4 is 0 Å². The van der Waals surface area contributed by atoms with E-state index in [4.69, 9.17) is 0 Å². The van der Waals surface area contributed by atoms with Crippen LogP contribution in [0.25, 0.3) is 0 Å². The maximum absolute atomic E-state index is 2.37. The van der Waals surface area contributed by atoms with E-state index >= 15 is 0 Å². The fourth-order valence-corrected chi connectivity index (χ4v) is 12.0. The van der Waals surface area contributed by atoms with Gasteiger partial charge in [-0.3, -0.25) is 0 Å². The van der Waals surface area contributed by atoms with Gasteiger partial charge in [0, 0.05) is 36.9 Å². The summed E-state index contributed by atoms with van der Waals surface area (Å²) >= 11 is 0. The van der Waals surface area contributed by atoms with Crippen molar-refractivity contribution >= 4 is 15.8 Å². The van der Waals surface area contributed by atoms with Gasteiger partial charge in [0.1, 0.15) is 0 Å². The first-order valence-corrected chi connectivity index (χ1v) is 12.1. The van der Waals surface area contributed by atoms with E-state index in [9.17, 15) is 0 Å². The van der Waals surface area contributed by atoms with Crippen LogP contribution in [0.5, 0.6) is 0 Å². The second-order valence-corrected chi connectivity index (χ2v) is 16.9. The Labute approximate surface area is 153 Å². The predicted molar refractivity (Wildman–Crippen MR) is 107 cm³/mol. The molecule has 0 heterocycles. The second kappa shape index (κ2) is 13.9. The zero-order valence-corrected chi connectivity index (χ0v) is 21.1. The first-order valence-electron chi connectivity index (χ1n) is 8.66. The third-order valence-corrected chi connectivity index (χ3v) is 12.0. The minimum absolute atomic E-state index is 0. The third kappa shape index (κ3) is 12.6. The number of rotatable bonds is 6. The Hall–Kier alpha value is 1.55. The first kappa shape index (κ1) is 27.4. The van der Waals surface area contributed by atoms with E-state index in [0.717, 1.165) is 34.0 Å². The number of hydrogen-bond donors (Lipinski definition) is 0. The van der Waals surface area contributed by atoms with Crippen molar-refractivity contribution < 1.29 is 21.1 Å². The van der Waals surface area contributed by atoms with E-state index in [1.165, 1.54) is 0 Å². The summed E-state index contributed by atoms with van der Waals surface area (Å²) in [7, 11) is -0.191. The van der Waals surface area contributed by atoms with Gasteiger partial charge in [0.15, 0.2) is 0 Å². The molecule has 0 saturated carbocycles. The molecule has 0 rings (SSSR count). The first-order chi connectivity index (χ1) is 8.93. The monoisotopic (exact) mass is 517 g/mol. The summed E-state index contributed by atoms with van der Waals surface area (Å²) in [6.45, 7) is 28.4. The molecule has 0 aromatic heterocycles. The molecule has 0 N–H and O–H groups in total. The Morgan fingerprint density at radius 3 is 0.429 bits per heavy atom. The van der Waals surface area contributed by atoms with Crippen LogP contribution in [0.3, 0.4) is 0 Å². The third-order valence-electron chi connectivity index (χ3n) is 4.00. The van der Waals surface area contributed by atoms with Gasteiger partial charge in [0.05, 0.1) is 34.0 Å². The van der Waals surface area contributed by atoms with Gasteiger partial charge in [-0.25, -0.2) is 0 Å². The molecular formula is C18H44P2Pt+2. The zero-order valence-electron chi connectivity index (χ0n) is 16.8. The van der Waals surface area contributed by atoms with Crippen LogP contribution in [-0.2, 0) is 21.1 Å². The SMILES string of the molecule is CC(C)[PH+](C(C)C)C(C)C.CC(C)[PH+](C(C)C)C(C)C.[Pt]. The number of hydrogen-bond acceptors (Lipinski definition) is 0. The van der Waals surface area contributed by atoms with Crippen molar-refractivity contribution in [2.45, 2.75) is 117 Å². The van der Waals surface area contributed by atoms with Crippen LogP contribution in [0.2, 0.25) is 0 Å². The van der Waals surface area contributed by atoms with Gasteiger partial charge in [-0.05, 0) is 83.1 Å².